The quantitative estimate of drug-likeness (QED) is 0.272. The third-order valence-electron chi connectivity index (χ3n) is 4.28. The van der Waals surface area contributed by atoms with Gasteiger partial charge in [-0.05, 0) is 47.9 Å². The Hall–Kier alpha value is -2.83. The van der Waals surface area contributed by atoms with Gasteiger partial charge in [0.15, 0.2) is 5.49 Å². The smallest absolute Gasteiger partial charge is 0.199 e. The summed E-state index contributed by atoms with van der Waals surface area (Å²) in [5, 5.41) is 11.0. The van der Waals surface area contributed by atoms with E-state index in [-0.39, 0.29) is 0 Å². The van der Waals surface area contributed by atoms with Gasteiger partial charge in [-0.1, -0.05) is 34.1 Å². The van der Waals surface area contributed by atoms with Gasteiger partial charge in [0.05, 0.1) is 17.2 Å². The molecule has 0 bridgehead atoms. The molecule has 0 amide bonds. The van der Waals surface area contributed by atoms with Crippen LogP contribution in [0.5, 0.6) is 0 Å². The lowest BCUT2D eigenvalue weighted by atomic mass is 10.2. The van der Waals surface area contributed by atoms with E-state index < -0.39 is 0 Å². The Morgan fingerprint density at radius 1 is 1.00 bits per heavy atom. The Bertz CT molecular complexity index is 1370. The van der Waals surface area contributed by atoms with E-state index in [1.54, 1.807) is 17.6 Å². The van der Waals surface area contributed by atoms with Gasteiger partial charge in [-0.25, -0.2) is 4.98 Å². The van der Waals surface area contributed by atoms with Gasteiger partial charge < -0.3 is 4.40 Å². The maximum Gasteiger partial charge on any atom is 0.199 e. The molecule has 0 aliphatic rings. The minimum atomic E-state index is 0.592. The highest BCUT2D eigenvalue weighted by Crippen LogP contribution is 2.23. The first-order valence-electron chi connectivity index (χ1n) is 8.39. The molecule has 6 heteroatoms. The maximum absolute atomic E-state index is 4.73. The molecule has 0 fully saturated rings. The fourth-order valence-electron chi connectivity index (χ4n) is 3.03. The Morgan fingerprint density at radius 2 is 1.93 bits per heavy atom. The van der Waals surface area contributed by atoms with Crippen LogP contribution in [0.15, 0.2) is 87.7 Å². The predicted molar refractivity (Wildman–Crippen MR) is 115 cm³/mol. The monoisotopic (exact) mass is 432 g/mol. The van der Waals surface area contributed by atoms with Crippen molar-refractivity contribution in [2.45, 2.75) is 0 Å². The normalized spacial score (nSPS) is 12.7. The summed E-state index contributed by atoms with van der Waals surface area (Å²) in [6.07, 6.45) is 5.83. The van der Waals surface area contributed by atoms with E-state index in [4.69, 9.17) is 4.98 Å². The summed E-state index contributed by atoms with van der Waals surface area (Å²) < 4.78 is 4.29. The number of fused-ring (bicyclic) bond motifs is 3. The highest BCUT2D eigenvalue weighted by molar-refractivity contribution is 9.10. The molecule has 3 heterocycles. The molecular weight excluding hydrogens is 420 g/mol. The molecule has 4 nitrogen and oxygen atoms in total. The summed E-state index contributed by atoms with van der Waals surface area (Å²) in [6.45, 7) is 0. The summed E-state index contributed by atoms with van der Waals surface area (Å²) in [6, 6.07) is 20.4. The second-order valence-corrected chi connectivity index (χ2v) is 8.13. The minimum Gasteiger partial charge on any atom is -0.320 e. The van der Waals surface area contributed by atoms with Gasteiger partial charge in [0, 0.05) is 31.8 Å². The fourth-order valence-corrected chi connectivity index (χ4v) is 4.34. The Labute approximate surface area is 167 Å². The number of halogens is 1. The van der Waals surface area contributed by atoms with E-state index in [1.807, 2.05) is 53.1 Å². The average molecular weight is 433 g/mol. The topological polar surface area (TPSA) is 42.0 Å². The molecule has 0 saturated carbocycles. The number of rotatable bonds is 2. The zero-order valence-corrected chi connectivity index (χ0v) is 16.5. The van der Waals surface area contributed by atoms with E-state index in [1.165, 1.54) is 10.1 Å². The first kappa shape index (κ1) is 16.4. The lowest BCUT2D eigenvalue weighted by Gasteiger charge is -1.92. The van der Waals surface area contributed by atoms with Crippen LogP contribution in [-0.2, 0) is 0 Å². The highest BCUT2D eigenvalue weighted by atomic mass is 79.9. The van der Waals surface area contributed by atoms with Crippen LogP contribution in [0, 0.1) is 0 Å². The van der Waals surface area contributed by atoms with Crippen molar-refractivity contribution in [3.63, 3.8) is 0 Å². The van der Waals surface area contributed by atoms with E-state index in [2.05, 4.69) is 50.5 Å². The van der Waals surface area contributed by atoms with Crippen LogP contribution in [0.3, 0.4) is 0 Å². The van der Waals surface area contributed by atoms with Crippen molar-refractivity contribution in [3.05, 3.63) is 87.9 Å². The van der Waals surface area contributed by atoms with E-state index >= 15 is 0 Å². The molecule has 0 unspecified atom stereocenters. The molecule has 5 rings (SSSR count). The van der Waals surface area contributed by atoms with Crippen LogP contribution in [0.25, 0.3) is 26.5 Å². The summed E-state index contributed by atoms with van der Waals surface area (Å²) in [4.78, 5) is 5.80. The van der Waals surface area contributed by atoms with E-state index in [9.17, 15) is 0 Å². The van der Waals surface area contributed by atoms with Gasteiger partial charge in [0.25, 0.3) is 0 Å². The van der Waals surface area contributed by atoms with Crippen LogP contribution < -0.4 is 5.49 Å². The molecule has 3 aromatic heterocycles. The van der Waals surface area contributed by atoms with E-state index in [0.717, 1.165) is 25.8 Å². The molecule has 0 atom stereocenters. The van der Waals surface area contributed by atoms with Crippen molar-refractivity contribution in [1.82, 2.24) is 9.38 Å². The molecule has 2 aromatic carbocycles. The van der Waals surface area contributed by atoms with Gasteiger partial charge in [-0.2, -0.15) is 5.10 Å². The van der Waals surface area contributed by atoms with Gasteiger partial charge in [-0.15, -0.1) is 16.4 Å². The van der Waals surface area contributed by atoms with Crippen molar-refractivity contribution < 1.29 is 0 Å². The van der Waals surface area contributed by atoms with Gasteiger partial charge in [0.2, 0.25) is 0 Å². The first-order valence-corrected chi connectivity index (χ1v) is 10.0. The standard InChI is InChI=1S/C21H13BrN4S/c22-16-7-8-18-15(10-16)13-26-9-3-5-19(26)21(24-18)25-23-12-17-11-14-4-1-2-6-20(14)27-17/h1-13H. The average Bonchev–Trinajstić information content (AvgIpc) is 3.26. The maximum atomic E-state index is 4.73. The fraction of sp³-hybridized carbons (Fsp3) is 0. The van der Waals surface area contributed by atoms with Crippen LogP contribution in [0.4, 0.5) is 0 Å². The number of nitrogens with zero attached hydrogens (tertiary/aromatic N) is 4. The van der Waals surface area contributed by atoms with Crippen LogP contribution in [-0.4, -0.2) is 15.6 Å². The molecule has 0 radical (unpaired) electrons. The molecular formula is C21H13BrN4S. The third-order valence-corrected chi connectivity index (χ3v) is 5.83. The second kappa shape index (κ2) is 6.72. The number of hydrogen-bond donors (Lipinski definition) is 0. The molecule has 0 aliphatic carbocycles. The summed E-state index contributed by atoms with van der Waals surface area (Å²) >= 11 is 5.22. The van der Waals surface area contributed by atoms with E-state index in [0.29, 0.717) is 5.49 Å². The van der Waals surface area contributed by atoms with Gasteiger partial charge >= 0.3 is 0 Å². The lowest BCUT2D eigenvalue weighted by molar-refractivity contribution is 1.07. The number of thiophene rings is 1. The van der Waals surface area contributed by atoms with Gasteiger partial charge in [-0.3, -0.25) is 0 Å². The molecule has 5 aromatic rings. The summed E-state index contributed by atoms with van der Waals surface area (Å²) in [5.41, 5.74) is 2.38. The molecule has 0 aliphatic heterocycles. The molecule has 0 N–H and O–H groups in total. The zero-order valence-electron chi connectivity index (χ0n) is 14.1. The summed E-state index contributed by atoms with van der Waals surface area (Å²) in [7, 11) is 0. The Morgan fingerprint density at radius 3 is 2.85 bits per heavy atom. The molecule has 0 saturated heterocycles. The predicted octanol–water partition coefficient (Wildman–Crippen LogP) is 5.40. The lowest BCUT2D eigenvalue weighted by Crippen LogP contribution is -2.06. The number of benzene rings is 2. The van der Waals surface area contributed by atoms with Crippen LogP contribution in [0.1, 0.15) is 4.88 Å². The van der Waals surface area contributed by atoms with Gasteiger partial charge in [0.1, 0.15) is 0 Å². The third kappa shape index (κ3) is 3.18. The first-order chi connectivity index (χ1) is 13.3. The van der Waals surface area contributed by atoms with Crippen molar-refractivity contribution in [3.8, 4) is 0 Å². The number of aromatic nitrogens is 2. The minimum absolute atomic E-state index is 0.592. The van der Waals surface area contributed by atoms with Crippen molar-refractivity contribution in [2.24, 2.45) is 10.2 Å². The Balaban J connectivity index is 1.65. The molecule has 0 spiro atoms. The van der Waals surface area contributed by atoms with Crippen molar-refractivity contribution in [1.29, 1.82) is 0 Å². The van der Waals surface area contributed by atoms with Crippen LogP contribution >= 0.6 is 27.3 Å². The largest absolute Gasteiger partial charge is 0.320 e. The van der Waals surface area contributed by atoms with Crippen molar-refractivity contribution >= 4 is 60.0 Å². The zero-order chi connectivity index (χ0) is 18.2. The molecule has 130 valence electrons. The van der Waals surface area contributed by atoms with Crippen molar-refractivity contribution in [2.75, 3.05) is 0 Å². The van der Waals surface area contributed by atoms with Crippen LogP contribution in [0.2, 0.25) is 0 Å². The SMILES string of the molecule is Brc1ccc2nc(=NN=Cc3cc4ccccc4s3)c3cccn3cc2c1. The number of hydrogen-bond acceptors (Lipinski definition) is 4. The summed E-state index contributed by atoms with van der Waals surface area (Å²) in [5.74, 6) is 0. The Kier molecular flexibility index (Phi) is 4.07. The molecule has 27 heavy (non-hydrogen) atoms. The second-order valence-electron chi connectivity index (χ2n) is 6.10. The highest BCUT2D eigenvalue weighted by Gasteiger charge is 2.01.